The number of rotatable bonds is 48. The summed E-state index contributed by atoms with van der Waals surface area (Å²) in [6.07, 6.45) is 45.1. The zero-order valence-corrected chi connectivity index (χ0v) is 70.4. The number of thiocarbonyl (C=S) groups is 6. The van der Waals surface area contributed by atoms with Crippen molar-refractivity contribution in [3.05, 3.63) is 0 Å². The van der Waals surface area contributed by atoms with E-state index in [1.165, 1.54) is 231 Å². The van der Waals surface area contributed by atoms with Crippen molar-refractivity contribution in [2.24, 2.45) is 0 Å². The Balaban J connectivity index is -0.000000142. The third kappa shape index (κ3) is 87.4. The fourth-order valence-electron chi connectivity index (χ4n) is 8.40. The van der Waals surface area contributed by atoms with Crippen LogP contribution in [0.5, 0.6) is 0 Å². The first-order valence-electron chi connectivity index (χ1n) is 34.2. The van der Waals surface area contributed by atoms with E-state index < -0.39 is 0 Å². The summed E-state index contributed by atoms with van der Waals surface area (Å²) >= 11 is 63.5. The van der Waals surface area contributed by atoms with Gasteiger partial charge in [0, 0.05) is 78.5 Å². The summed E-state index contributed by atoms with van der Waals surface area (Å²) in [5, 5.41) is 0. The van der Waals surface area contributed by atoms with Crippen molar-refractivity contribution in [3.63, 3.8) is 0 Å². The molecule has 0 fully saturated rings. The van der Waals surface area contributed by atoms with Crippen LogP contribution in [-0.2, 0) is 109 Å². The molecule has 0 aromatic rings. The minimum atomic E-state index is 0. The predicted molar refractivity (Wildman–Crippen MR) is 432 cm³/mol. The third-order valence-electron chi connectivity index (χ3n) is 13.9. The van der Waals surface area contributed by atoms with E-state index in [0.717, 1.165) is 78.5 Å². The van der Waals surface area contributed by atoms with Crippen LogP contribution in [0, 0.1) is 0 Å². The third-order valence-corrected chi connectivity index (χ3v) is 17.0. The summed E-state index contributed by atoms with van der Waals surface area (Å²) < 4.78 is 11.7. The van der Waals surface area contributed by atoms with Gasteiger partial charge < -0.3 is 178 Å². The minimum Gasteiger partial charge on any atom is -0.411 e. The summed E-state index contributed by atoms with van der Waals surface area (Å²) in [4.78, 5) is 13.1. The van der Waals surface area contributed by atoms with E-state index in [-0.39, 0.29) is 21.1 Å². The van der Waals surface area contributed by atoms with E-state index >= 15 is 0 Å². The van der Waals surface area contributed by atoms with Gasteiger partial charge in [0.2, 0.25) is 0 Å². The Morgan fingerprint density at radius 2 is 0.264 bits per heavy atom. The van der Waals surface area contributed by atoms with Crippen LogP contribution in [0.15, 0.2) is 0 Å². The van der Waals surface area contributed by atoms with E-state index in [1.807, 2.05) is 0 Å². The smallest absolute Gasteiger partial charge is 0.411 e. The maximum absolute atomic E-state index is 7.83. The molecule has 0 aromatic carbocycles. The average molecular weight is 1540 g/mol. The normalized spacial score (nSPS) is 9.84. The molecule has 0 bridgehead atoms. The van der Waals surface area contributed by atoms with Gasteiger partial charge in [0.15, 0.2) is 12.5 Å². The first-order chi connectivity index (χ1) is 41.3. The first-order valence-corrected chi connectivity index (χ1v) is 39.5. The average Bonchev–Trinajstić information content (AvgIpc) is 3.50. The Labute approximate surface area is 628 Å². The molecule has 0 aliphatic rings. The van der Waals surface area contributed by atoms with Gasteiger partial charge in [-0.1, -0.05) is 263 Å². The molecule has 7 nitrogen and oxygen atoms in total. The second-order valence-electron chi connectivity index (χ2n) is 22.0. The van der Waals surface area contributed by atoms with Crippen molar-refractivity contribution < 1.29 is 25.3 Å². The van der Waals surface area contributed by atoms with Crippen LogP contribution in [0.4, 0.5) is 0 Å². The maximum atomic E-state index is 7.83. The first kappa shape index (κ1) is 104. The summed E-state index contributed by atoms with van der Waals surface area (Å²) in [7, 11) is 0. The van der Waals surface area contributed by atoms with E-state index in [2.05, 4.69) is 125 Å². The van der Waals surface area contributed by atoms with Gasteiger partial charge in [-0.3, -0.25) is 0 Å². The molecule has 0 saturated heterocycles. The second kappa shape index (κ2) is 89.4. The predicted octanol–water partition coefficient (Wildman–Crippen LogP) is 20.7. The largest absolute Gasteiger partial charge is 6.00 e. The van der Waals surface area contributed by atoms with Crippen molar-refractivity contribution in [2.75, 3.05) is 78.5 Å². The summed E-state index contributed by atoms with van der Waals surface area (Å²) in [6, 6.07) is 0. The Morgan fingerprint density at radius 3 is 0.310 bits per heavy atom. The molecule has 516 valence electrons. The number of nitrogens with zero attached hydrogens (tertiary/aromatic N) is 6. The molecule has 0 heterocycles. The molecule has 21 heteroatoms. The van der Waals surface area contributed by atoms with Crippen molar-refractivity contribution in [1.29, 1.82) is 0 Å². The fraction of sp³-hybridized carbons (Fsp3) is 0.909. The zero-order chi connectivity index (χ0) is 66.9. The van der Waals surface area contributed by atoms with Crippen LogP contribution in [0.3, 0.4) is 0 Å². The summed E-state index contributed by atoms with van der Waals surface area (Å²) in [6.45, 7) is 39.3. The van der Waals surface area contributed by atoms with Crippen LogP contribution in [0.25, 0.3) is 0 Å². The Kier molecular flexibility index (Phi) is 107. The molecule has 0 aromatic heterocycles. The maximum Gasteiger partial charge on any atom is 6.00 e. The van der Waals surface area contributed by atoms with Crippen molar-refractivity contribution in [3.8, 4) is 0 Å². The quantitative estimate of drug-likeness (QED) is 0.0251. The Morgan fingerprint density at radius 1 is 0.195 bits per heavy atom. The van der Waals surface area contributed by atoms with Gasteiger partial charge in [0.05, 0.1) is 0 Å². The standard InChI is InChI=1S/6C11H23NS2.Mo.OS/c6*1-3-5-7-9-12(11(13)14)10-8-6-4-2;;1-2/h6*3-10H2,1-2H3,(H,13,14);;/q;;;;;;+6;/p-6. The van der Waals surface area contributed by atoms with Gasteiger partial charge in [-0.2, -0.15) is 4.21 Å². The summed E-state index contributed by atoms with van der Waals surface area (Å²) in [5.41, 5.74) is 0. The molecular formula is C66H132MoN6OS13. The van der Waals surface area contributed by atoms with E-state index in [9.17, 15) is 0 Å². The molecule has 0 rings (SSSR count). The summed E-state index contributed by atoms with van der Waals surface area (Å²) in [5.74, 6) is 0. The number of hydrogen-bond donors (Lipinski definition) is 0. The van der Waals surface area contributed by atoms with Crippen molar-refractivity contribution in [1.82, 2.24) is 29.4 Å². The molecule has 0 atom stereocenters. The van der Waals surface area contributed by atoms with E-state index in [1.54, 1.807) is 0 Å². The molecular weight excluding hydrogens is 1410 g/mol. The fourth-order valence-corrected chi connectivity index (χ4v) is 10.6. The van der Waals surface area contributed by atoms with Crippen molar-refractivity contribution >= 4 is 188 Å². The monoisotopic (exact) mass is 1540 g/mol. The molecule has 0 N–H and O–H groups in total. The molecule has 0 amide bonds. The Hall–Kier alpha value is 1.37. The molecule has 0 saturated carbocycles. The topological polar surface area (TPSA) is 36.5 Å². The molecule has 0 aliphatic carbocycles. The van der Waals surface area contributed by atoms with Crippen LogP contribution in [0.1, 0.15) is 314 Å². The van der Waals surface area contributed by atoms with Gasteiger partial charge in [0.25, 0.3) is 0 Å². The van der Waals surface area contributed by atoms with Crippen LogP contribution >= 0.6 is 73.3 Å². The van der Waals surface area contributed by atoms with Gasteiger partial charge in [-0.25, -0.2) is 0 Å². The van der Waals surface area contributed by atoms with Gasteiger partial charge >= 0.3 is 21.1 Å². The van der Waals surface area contributed by atoms with E-state index in [4.69, 9.17) is 153 Å². The molecule has 0 unspecified atom stereocenters. The van der Waals surface area contributed by atoms with Crippen LogP contribution in [0.2, 0.25) is 0 Å². The Bertz CT molecular complexity index is 1130. The van der Waals surface area contributed by atoms with Gasteiger partial charge in [-0.15, -0.1) is 0 Å². The molecule has 0 radical (unpaired) electrons. The molecule has 87 heavy (non-hydrogen) atoms. The van der Waals surface area contributed by atoms with Gasteiger partial charge in [-0.05, 0) is 77.0 Å². The minimum absolute atomic E-state index is 0. The second-order valence-corrected chi connectivity index (χ2v) is 28.2. The number of unbranched alkanes of at least 4 members (excludes halogenated alkanes) is 24. The molecule has 0 aliphatic heterocycles. The van der Waals surface area contributed by atoms with Crippen LogP contribution in [-0.4, -0.2) is 138 Å². The SMILES string of the molecule is CCCCCN(CCCCC)C(=S)[S-].CCCCCN(CCCCC)C(=S)[S-].CCCCCN(CCCCC)C(=S)[S-].CCCCCN(CCCCC)C(=S)[S-].CCCCCN(CCCCC)C(=S)[S-].CCCCCN(CCCCC)C(=S)[S-].O=S.[Mo+6]. The number of hydrogen-bond acceptors (Lipinski definition) is 14. The molecule has 0 spiro atoms. The van der Waals surface area contributed by atoms with Crippen LogP contribution < -0.4 is 0 Å². The van der Waals surface area contributed by atoms with Gasteiger partial charge in [0.1, 0.15) is 0 Å². The van der Waals surface area contributed by atoms with Crippen molar-refractivity contribution in [2.45, 2.75) is 314 Å². The zero-order valence-electron chi connectivity index (χ0n) is 57.7. The van der Waals surface area contributed by atoms with E-state index in [0.29, 0.717) is 25.9 Å².